The zero-order chi connectivity index (χ0) is 19.2. The van der Waals surface area contributed by atoms with Gasteiger partial charge in [-0.2, -0.15) is 5.26 Å². The van der Waals surface area contributed by atoms with Crippen molar-refractivity contribution in [3.63, 3.8) is 0 Å². The Hall–Kier alpha value is -3.57. The molecule has 0 aliphatic heterocycles. The number of amides is 1. The number of anilines is 2. The minimum Gasteiger partial charge on any atom is -0.382 e. The molecule has 27 heavy (non-hydrogen) atoms. The van der Waals surface area contributed by atoms with Crippen molar-refractivity contribution < 1.29 is 4.79 Å². The standard InChI is InChI=1S/C19H16N6OS/c1-27(23-12-20)15-9-7-13(8-10-15)16-11-22-18(21)17(25-16)19(26)24-14-5-3-2-4-6-14/h2-11H,1H3,(H2,21,22)(H,24,26)/t27-/m0/s1. The van der Waals surface area contributed by atoms with Gasteiger partial charge in [0.1, 0.15) is 0 Å². The van der Waals surface area contributed by atoms with Gasteiger partial charge >= 0.3 is 0 Å². The van der Waals surface area contributed by atoms with Gasteiger partial charge in [0.25, 0.3) is 5.91 Å². The molecular weight excluding hydrogens is 360 g/mol. The van der Waals surface area contributed by atoms with Gasteiger partial charge < -0.3 is 11.1 Å². The topological polar surface area (TPSA) is 117 Å². The number of nitrogen functional groups attached to an aromatic ring is 1. The first-order valence-corrected chi connectivity index (χ1v) is 9.52. The van der Waals surface area contributed by atoms with Crippen molar-refractivity contribution in [3.8, 4) is 17.5 Å². The van der Waals surface area contributed by atoms with Crippen molar-refractivity contribution in [1.29, 1.82) is 5.26 Å². The van der Waals surface area contributed by atoms with Crippen molar-refractivity contribution >= 4 is 28.1 Å². The lowest BCUT2D eigenvalue weighted by Gasteiger charge is -2.09. The Balaban J connectivity index is 1.88. The molecule has 1 amide bonds. The lowest BCUT2D eigenvalue weighted by atomic mass is 10.1. The number of carbonyl (C=O) groups excluding carboxylic acids is 1. The van der Waals surface area contributed by atoms with Crippen LogP contribution in [-0.2, 0) is 10.7 Å². The molecule has 0 saturated heterocycles. The zero-order valence-electron chi connectivity index (χ0n) is 14.5. The van der Waals surface area contributed by atoms with Gasteiger partial charge in [0.05, 0.1) is 11.9 Å². The fourth-order valence-electron chi connectivity index (χ4n) is 2.35. The highest BCUT2D eigenvalue weighted by Crippen LogP contribution is 2.21. The molecule has 0 spiro atoms. The number of aromatic nitrogens is 2. The number of para-hydroxylation sites is 1. The largest absolute Gasteiger partial charge is 0.382 e. The van der Waals surface area contributed by atoms with Gasteiger partial charge in [-0.1, -0.05) is 41.0 Å². The molecule has 3 aromatic rings. The van der Waals surface area contributed by atoms with E-state index >= 15 is 0 Å². The van der Waals surface area contributed by atoms with Gasteiger partial charge in [-0.25, -0.2) is 9.97 Å². The summed E-state index contributed by atoms with van der Waals surface area (Å²) in [5.74, 6) is -0.362. The van der Waals surface area contributed by atoms with Crippen molar-refractivity contribution in [3.05, 3.63) is 66.5 Å². The summed E-state index contributed by atoms with van der Waals surface area (Å²) < 4.78 is 3.82. The maximum atomic E-state index is 12.5. The number of nitrogens with two attached hydrogens (primary N) is 1. The van der Waals surface area contributed by atoms with Crippen LogP contribution in [0.2, 0.25) is 0 Å². The second-order valence-electron chi connectivity index (χ2n) is 5.50. The van der Waals surface area contributed by atoms with E-state index in [1.165, 1.54) is 6.20 Å². The van der Waals surface area contributed by atoms with Crippen molar-refractivity contribution in [2.75, 3.05) is 17.3 Å². The molecule has 1 aromatic heterocycles. The Morgan fingerprint density at radius 1 is 1.19 bits per heavy atom. The second-order valence-corrected chi connectivity index (χ2v) is 7.11. The van der Waals surface area contributed by atoms with E-state index in [1.54, 1.807) is 12.1 Å². The third kappa shape index (κ3) is 4.34. The Labute approximate surface area is 159 Å². The predicted molar refractivity (Wildman–Crippen MR) is 106 cm³/mol. The summed E-state index contributed by atoms with van der Waals surface area (Å²) in [4.78, 5) is 21.9. The van der Waals surface area contributed by atoms with E-state index < -0.39 is 16.6 Å². The van der Waals surface area contributed by atoms with Gasteiger partial charge in [0.15, 0.2) is 11.5 Å². The molecule has 0 radical (unpaired) electrons. The number of nitriles is 1. The average Bonchev–Trinajstić information content (AvgIpc) is 2.69. The van der Waals surface area contributed by atoms with E-state index in [2.05, 4.69) is 19.6 Å². The Kier molecular flexibility index (Phi) is 5.54. The molecule has 0 bridgehead atoms. The SMILES string of the molecule is C[S@](=NC#N)c1ccc(-c2cnc(N)c(C(=O)Nc3ccccc3)n2)cc1. The number of hydrogen-bond donors (Lipinski definition) is 2. The molecule has 1 atom stereocenters. The van der Waals surface area contributed by atoms with Crippen LogP contribution in [0.5, 0.6) is 0 Å². The van der Waals surface area contributed by atoms with Gasteiger partial charge in [-0.15, -0.1) is 4.36 Å². The quantitative estimate of drug-likeness (QED) is 0.678. The number of nitrogens with zero attached hydrogens (tertiary/aromatic N) is 4. The van der Waals surface area contributed by atoms with Crippen molar-refractivity contribution in [1.82, 2.24) is 9.97 Å². The minimum atomic E-state index is -0.492. The minimum absolute atomic E-state index is 0.0618. The van der Waals surface area contributed by atoms with Crippen LogP contribution in [0.25, 0.3) is 11.3 Å². The lowest BCUT2D eigenvalue weighted by Crippen LogP contribution is -2.17. The molecule has 7 nitrogen and oxygen atoms in total. The summed E-state index contributed by atoms with van der Waals surface area (Å²) in [6.45, 7) is 0. The van der Waals surface area contributed by atoms with E-state index in [1.807, 2.05) is 54.9 Å². The van der Waals surface area contributed by atoms with Crippen LogP contribution in [0, 0.1) is 11.5 Å². The maximum Gasteiger partial charge on any atom is 0.278 e. The molecule has 0 fully saturated rings. The lowest BCUT2D eigenvalue weighted by molar-refractivity contribution is 0.102. The Bertz CT molecular complexity index is 1040. The molecule has 2 aromatic carbocycles. The van der Waals surface area contributed by atoms with Crippen LogP contribution >= 0.6 is 0 Å². The number of carbonyl (C=O) groups is 1. The molecule has 0 aliphatic rings. The summed E-state index contributed by atoms with van der Waals surface area (Å²) in [7, 11) is -0.492. The van der Waals surface area contributed by atoms with E-state index in [0.717, 1.165) is 10.5 Å². The van der Waals surface area contributed by atoms with E-state index in [4.69, 9.17) is 11.0 Å². The van der Waals surface area contributed by atoms with E-state index in [-0.39, 0.29) is 11.5 Å². The summed E-state index contributed by atoms with van der Waals surface area (Å²) in [5.41, 5.74) is 7.87. The number of rotatable bonds is 4. The zero-order valence-corrected chi connectivity index (χ0v) is 15.3. The summed E-state index contributed by atoms with van der Waals surface area (Å²) in [6, 6.07) is 16.5. The molecule has 0 aliphatic carbocycles. The van der Waals surface area contributed by atoms with E-state index in [9.17, 15) is 4.79 Å². The molecule has 3 N–H and O–H groups in total. The molecule has 0 unspecified atom stereocenters. The van der Waals surface area contributed by atoms with Gasteiger partial charge in [0, 0.05) is 16.1 Å². The summed E-state index contributed by atoms with van der Waals surface area (Å²) in [5, 5.41) is 11.4. The van der Waals surface area contributed by atoms with Crippen LogP contribution in [0.3, 0.4) is 0 Å². The highest BCUT2D eigenvalue weighted by Gasteiger charge is 2.15. The summed E-state index contributed by atoms with van der Waals surface area (Å²) in [6.07, 6.45) is 5.21. The number of benzene rings is 2. The fraction of sp³-hybridized carbons (Fsp3) is 0.0526. The third-order valence-electron chi connectivity index (χ3n) is 3.72. The number of nitrogens with one attached hydrogen (secondary N) is 1. The Morgan fingerprint density at radius 3 is 2.56 bits per heavy atom. The predicted octanol–water partition coefficient (Wildman–Crippen LogP) is 3.25. The van der Waals surface area contributed by atoms with Crippen molar-refractivity contribution in [2.24, 2.45) is 4.36 Å². The summed E-state index contributed by atoms with van der Waals surface area (Å²) >= 11 is 0. The maximum absolute atomic E-state index is 12.5. The molecular formula is C19H16N6OS. The molecule has 1 heterocycles. The first-order valence-electron chi connectivity index (χ1n) is 7.93. The smallest absolute Gasteiger partial charge is 0.278 e. The van der Waals surface area contributed by atoms with E-state index in [0.29, 0.717) is 11.4 Å². The van der Waals surface area contributed by atoms with Crippen LogP contribution in [0.15, 0.2) is 70.1 Å². The molecule has 3 rings (SSSR count). The fourth-order valence-corrected chi connectivity index (χ4v) is 3.11. The average molecular weight is 376 g/mol. The highest BCUT2D eigenvalue weighted by molar-refractivity contribution is 7.86. The van der Waals surface area contributed by atoms with Crippen molar-refractivity contribution in [2.45, 2.75) is 4.90 Å². The first-order chi connectivity index (χ1) is 13.1. The monoisotopic (exact) mass is 376 g/mol. The van der Waals surface area contributed by atoms with Gasteiger partial charge in [0.2, 0.25) is 6.19 Å². The second kappa shape index (κ2) is 8.21. The third-order valence-corrected chi connectivity index (χ3v) is 5.03. The highest BCUT2D eigenvalue weighted by atomic mass is 32.2. The molecule has 0 saturated carbocycles. The normalized spacial score (nSPS) is 11.6. The first kappa shape index (κ1) is 18.2. The van der Waals surface area contributed by atoms with Gasteiger partial charge in [-0.05, 0) is 30.5 Å². The van der Waals surface area contributed by atoms with Gasteiger partial charge in [-0.3, -0.25) is 4.79 Å². The van der Waals surface area contributed by atoms with Crippen LogP contribution in [-0.4, -0.2) is 22.1 Å². The Morgan fingerprint density at radius 2 is 1.89 bits per heavy atom. The molecule has 8 heteroatoms. The van der Waals surface area contributed by atoms with Crippen LogP contribution in [0.1, 0.15) is 10.5 Å². The molecule has 134 valence electrons. The van der Waals surface area contributed by atoms with Crippen LogP contribution < -0.4 is 11.1 Å². The van der Waals surface area contributed by atoms with Crippen LogP contribution in [0.4, 0.5) is 11.5 Å². The number of hydrogen-bond acceptors (Lipinski definition) is 6.